The van der Waals surface area contributed by atoms with E-state index in [0.29, 0.717) is 13.1 Å². The van der Waals surface area contributed by atoms with Crippen LogP contribution in [0.1, 0.15) is 18.5 Å². The van der Waals surface area contributed by atoms with Crippen LogP contribution in [0.4, 0.5) is 0 Å². The van der Waals surface area contributed by atoms with Crippen molar-refractivity contribution in [3.63, 3.8) is 0 Å². The van der Waals surface area contributed by atoms with Gasteiger partial charge in [-0.05, 0) is 17.7 Å². The predicted molar refractivity (Wildman–Crippen MR) is 91.8 cm³/mol. The predicted octanol–water partition coefficient (Wildman–Crippen LogP) is 2.28. The van der Waals surface area contributed by atoms with Crippen LogP contribution in [0.25, 0.3) is 0 Å². The van der Waals surface area contributed by atoms with E-state index in [9.17, 15) is 13.2 Å². The topological polar surface area (TPSA) is 57.7 Å². The van der Waals surface area contributed by atoms with Crippen molar-refractivity contribution < 1.29 is 13.2 Å². The quantitative estimate of drug-likeness (QED) is 0.858. The molecule has 0 unspecified atom stereocenters. The highest BCUT2D eigenvalue weighted by molar-refractivity contribution is 7.89. The minimum Gasteiger partial charge on any atom is -0.333 e. The molecule has 1 aliphatic heterocycles. The summed E-state index contributed by atoms with van der Waals surface area (Å²) < 4.78 is 27.2. The monoisotopic (exact) mass is 344 g/mol. The van der Waals surface area contributed by atoms with Crippen molar-refractivity contribution in [1.82, 2.24) is 9.21 Å². The molecule has 0 saturated carbocycles. The van der Waals surface area contributed by atoms with E-state index >= 15 is 0 Å². The first kappa shape index (κ1) is 16.7. The Morgan fingerprint density at radius 3 is 2.12 bits per heavy atom. The highest BCUT2D eigenvalue weighted by Gasteiger charge is 2.35. The van der Waals surface area contributed by atoms with Crippen LogP contribution in [-0.2, 0) is 14.8 Å². The third-order valence-corrected chi connectivity index (χ3v) is 6.19. The molecule has 2 aromatic carbocycles. The number of benzene rings is 2. The number of nitrogens with zero attached hydrogens (tertiary/aromatic N) is 2. The number of carbonyl (C=O) groups is 1. The van der Waals surface area contributed by atoms with Crippen LogP contribution in [0.15, 0.2) is 65.6 Å². The maximum Gasteiger partial charge on any atom is 0.243 e. The van der Waals surface area contributed by atoms with Gasteiger partial charge in [0.25, 0.3) is 0 Å². The van der Waals surface area contributed by atoms with Crippen LogP contribution >= 0.6 is 0 Å². The summed E-state index contributed by atoms with van der Waals surface area (Å²) in [5.41, 5.74) is 0.945. The molecule has 0 N–H and O–H groups in total. The van der Waals surface area contributed by atoms with Crippen molar-refractivity contribution in [2.24, 2.45) is 0 Å². The lowest BCUT2D eigenvalue weighted by Gasteiger charge is -2.40. The van der Waals surface area contributed by atoms with E-state index in [1.807, 2.05) is 30.3 Å². The van der Waals surface area contributed by atoms with Crippen LogP contribution in [0.3, 0.4) is 0 Å². The van der Waals surface area contributed by atoms with Gasteiger partial charge in [0.05, 0.1) is 10.9 Å². The van der Waals surface area contributed by atoms with Crippen molar-refractivity contribution in [2.75, 3.05) is 19.6 Å². The molecule has 1 fully saturated rings. The summed E-state index contributed by atoms with van der Waals surface area (Å²) in [5, 5.41) is 0. The van der Waals surface area contributed by atoms with E-state index in [-0.39, 0.29) is 23.4 Å². The summed E-state index contributed by atoms with van der Waals surface area (Å²) in [6, 6.07) is 17.7. The van der Waals surface area contributed by atoms with E-state index in [0.717, 1.165) is 5.56 Å². The second-order valence-electron chi connectivity index (χ2n) is 5.81. The average molecular weight is 344 g/mol. The van der Waals surface area contributed by atoms with Crippen LogP contribution in [0, 0.1) is 0 Å². The van der Waals surface area contributed by atoms with Gasteiger partial charge in [-0.3, -0.25) is 4.79 Å². The summed E-state index contributed by atoms with van der Waals surface area (Å²) in [6.45, 7) is 2.49. The molecule has 1 saturated heterocycles. The molecule has 3 rings (SSSR count). The fourth-order valence-electron chi connectivity index (χ4n) is 3.06. The highest BCUT2D eigenvalue weighted by atomic mass is 32.2. The molecule has 0 aromatic heterocycles. The van der Waals surface area contributed by atoms with Crippen LogP contribution < -0.4 is 0 Å². The molecule has 1 atom stereocenters. The Labute approximate surface area is 142 Å². The number of piperazine rings is 1. The molecule has 0 spiro atoms. The van der Waals surface area contributed by atoms with Gasteiger partial charge in [0.15, 0.2) is 0 Å². The molecule has 0 radical (unpaired) electrons. The third-order valence-electron chi connectivity index (χ3n) is 4.31. The fraction of sp³-hybridized carbons (Fsp3) is 0.278. The second-order valence-corrected chi connectivity index (χ2v) is 7.75. The normalized spacial score (nSPS) is 19.2. The Hall–Kier alpha value is -2.18. The van der Waals surface area contributed by atoms with Crippen LogP contribution in [0.2, 0.25) is 0 Å². The summed E-state index contributed by atoms with van der Waals surface area (Å²) in [4.78, 5) is 14.0. The first-order valence-corrected chi connectivity index (χ1v) is 9.31. The molecule has 5 nitrogen and oxygen atoms in total. The van der Waals surface area contributed by atoms with E-state index in [1.54, 1.807) is 35.2 Å². The highest BCUT2D eigenvalue weighted by Crippen LogP contribution is 2.28. The summed E-state index contributed by atoms with van der Waals surface area (Å²) in [5.74, 6) is -0.0411. The zero-order valence-electron chi connectivity index (χ0n) is 13.5. The van der Waals surface area contributed by atoms with E-state index in [2.05, 4.69) is 0 Å². The summed E-state index contributed by atoms with van der Waals surface area (Å²) in [7, 11) is -3.56. The lowest BCUT2D eigenvalue weighted by atomic mass is 10.0. The Kier molecular flexibility index (Phi) is 4.69. The number of sulfonamides is 1. The van der Waals surface area contributed by atoms with Crippen molar-refractivity contribution in [3.8, 4) is 0 Å². The summed E-state index contributed by atoms with van der Waals surface area (Å²) >= 11 is 0. The zero-order valence-corrected chi connectivity index (χ0v) is 14.3. The van der Waals surface area contributed by atoms with Gasteiger partial charge in [-0.2, -0.15) is 4.31 Å². The lowest BCUT2D eigenvalue weighted by Crippen LogP contribution is -2.51. The van der Waals surface area contributed by atoms with Crippen molar-refractivity contribution >= 4 is 15.9 Å². The Morgan fingerprint density at radius 2 is 1.54 bits per heavy atom. The van der Waals surface area contributed by atoms with Crippen LogP contribution in [-0.4, -0.2) is 43.2 Å². The minimum absolute atomic E-state index is 0.0411. The number of hydrogen-bond donors (Lipinski definition) is 0. The van der Waals surface area contributed by atoms with Crippen LogP contribution in [0.5, 0.6) is 0 Å². The van der Waals surface area contributed by atoms with E-state index < -0.39 is 10.0 Å². The maximum absolute atomic E-state index is 12.9. The first-order chi connectivity index (χ1) is 11.5. The van der Waals surface area contributed by atoms with Crippen molar-refractivity contribution in [3.05, 3.63) is 66.2 Å². The Bertz CT molecular complexity index is 807. The zero-order chi connectivity index (χ0) is 17.2. The van der Waals surface area contributed by atoms with Gasteiger partial charge in [0.1, 0.15) is 0 Å². The average Bonchev–Trinajstić information content (AvgIpc) is 2.62. The molecular formula is C18H20N2O3S. The Balaban J connectivity index is 1.92. The molecule has 2 aromatic rings. The van der Waals surface area contributed by atoms with E-state index in [1.165, 1.54) is 11.2 Å². The third kappa shape index (κ3) is 3.20. The minimum atomic E-state index is -3.56. The van der Waals surface area contributed by atoms with Gasteiger partial charge >= 0.3 is 0 Å². The molecular weight excluding hydrogens is 324 g/mol. The first-order valence-electron chi connectivity index (χ1n) is 7.87. The van der Waals surface area contributed by atoms with Gasteiger partial charge in [0.2, 0.25) is 15.9 Å². The summed E-state index contributed by atoms with van der Waals surface area (Å²) in [6.07, 6.45) is 0. The van der Waals surface area contributed by atoms with Gasteiger partial charge in [0, 0.05) is 26.6 Å². The standard InChI is InChI=1S/C18H20N2O3S/c1-15(21)20-13-12-19(14-18(20)16-8-4-2-5-9-16)24(22,23)17-10-6-3-7-11-17/h2-11,18H,12-14H2,1H3/t18-/m1/s1. The molecule has 126 valence electrons. The molecule has 0 bridgehead atoms. The number of hydrogen-bond acceptors (Lipinski definition) is 3. The molecule has 1 heterocycles. The van der Waals surface area contributed by atoms with E-state index in [4.69, 9.17) is 0 Å². The van der Waals surface area contributed by atoms with Gasteiger partial charge in [-0.15, -0.1) is 0 Å². The molecule has 6 heteroatoms. The van der Waals surface area contributed by atoms with Gasteiger partial charge in [-0.1, -0.05) is 48.5 Å². The molecule has 24 heavy (non-hydrogen) atoms. The Morgan fingerprint density at radius 1 is 0.958 bits per heavy atom. The SMILES string of the molecule is CC(=O)N1CCN(S(=O)(=O)c2ccccc2)C[C@@H]1c1ccccc1. The van der Waals surface area contributed by atoms with Gasteiger partial charge < -0.3 is 4.90 Å². The van der Waals surface area contributed by atoms with Gasteiger partial charge in [-0.25, -0.2) is 8.42 Å². The smallest absolute Gasteiger partial charge is 0.243 e. The van der Waals surface area contributed by atoms with Crippen molar-refractivity contribution in [2.45, 2.75) is 17.9 Å². The number of rotatable bonds is 3. The second kappa shape index (κ2) is 6.75. The maximum atomic E-state index is 12.9. The molecule has 1 aliphatic rings. The lowest BCUT2D eigenvalue weighted by molar-refractivity contribution is -0.133. The molecule has 1 amide bonds. The number of carbonyl (C=O) groups excluding carboxylic acids is 1. The fourth-order valence-corrected chi connectivity index (χ4v) is 4.51. The number of amides is 1. The largest absolute Gasteiger partial charge is 0.333 e. The van der Waals surface area contributed by atoms with Crippen molar-refractivity contribution in [1.29, 1.82) is 0 Å². The molecule has 0 aliphatic carbocycles.